The van der Waals surface area contributed by atoms with Crippen LogP contribution in [0.3, 0.4) is 0 Å². The number of Topliss-reactive ketones (excluding diaryl/α,β-unsaturated/α-hetero) is 2. The van der Waals surface area contributed by atoms with Crippen molar-refractivity contribution in [2.24, 2.45) is 4.99 Å². The number of aliphatic imine (C=N–C) groups is 1. The molecule has 0 atom stereocenters. The van der Waals surface area contributed by atoms with Gasteiger partial charge in [-0.05, 0) is 17.9 Å². The van der Waals surface area contributed by atoms with Crippen LogP contribution in [-0.2, 0) is 4.79 Å². The highest BCUT2D eigenvalue weighted by molar-refractivity contribution is 7.12. The predicted molar refractivity (Wildman–Crippen MR) is 68.8 cm³/mol. The van der Waals surface area contributed by atoms with Crippen LogP contribution >= 0.6 is 11.3 Å². The molecule has 0 saturated heterocycles. The van der Waals surface area contributed by atoms with Gasteiger partial charge in [-0.25, -0.2) is 4.39 Å². The molecule has 0 spiro atoms. The number of hydrogen-bond donors (Lipinski definition) is 0. The van der Waals surface area contributed by atoms with Gasteiger partial charge in [0.2, 0.25) is 0 Å². The highest BCUT2D eigenvalue weighted by Crippen LogP contribution is 2.21. The third kappa shape index (κ3) is 2.98. The molecule has 0 saturated carbocycles. The Morgan fingerprint density at radius 3 is 2.78 bits per heavy atom. The van der Waals surface area contributed by atoms with Crippen LogP contribution in [0.25, 0.3) is 0 Å². The van der Waals surface area contributed by atoms with Crippen molar-refractivity contribution < 1.29 is 14.0 Å². The predicted octanol–water partition coefficient (Wildman–Crippen LogP) is 3.33. The average Bonchev–Trinajstić information content (AvgIpc) is 2.90. The van der Waals surface area contributed by atoms with E-state index in [1.807, 2.05) is 5.38 Å². The standard InChI is InChI=1S/C13H12FNO2S/c14-9-3-1-7-15-13(9)11(17)6-5-10(16)12-4-2-8-18-12/h2,4,7-8H,1,3,5-6H2. The molecule has 1 aliphatic rings. The van der Waals surface area contributed by atoms with E-state index < -0.39 is 11.6 Å². The van der Waals surface area contributed by atoms with E-state index in [1.165, 1.54) is 17.6 Å². The molecule has 0 N–H and O–H groups in total. The average molecular weight is 265 g/mol. The number of nitrogens with zero attached hydrogens (tertiary/aromatic N) is 1. The minimum Gasteiger partial charge on any atom is -0.293 e. The first kappa shape index (κ1) is 12.8. The van der Waals surface area contributed by atoms with Crippen LogP contribution in [0.15, 0.2) is 34.0 Å². The molecule has 0 radical (unpaired) electrons. The third-order valence-electron chi connectivity index (χ3n) is 2.61. The topological polar surface area (TPSA) is 46.5 Å². The summed E-state index contributed by atoms with van der Waals surface area (Å²) in [4.78, 5) is 27.8. The Bertz CT molecular complexity index is 517. The van der Waals surface area contributed by atoms with Crippen LogP contribution in [0.2, 0.25) is 0 Å². The van der Waals surface area contributed by atoms with Crippen molar-refractivity contribution in [1.29, 1.82) is 0 Å². The van der Waals surface area contributed by atoms with Crippen molar-refractivity contribution in [2.45, 2.75) is 25.7 Å². The fourth-order valence-corrected chi connectivity index (χ4v) is 2.36. The summed E-state index contributed by atoms with van der Waals surface area (Å²) in [5, 5.41) is 1.81. The van der Waals surface area contributed by atoms with Crippen molar-refractivity contribution in [2.75, 3.05) is 0 Å². The number of allylic oxidation sites excluding steroid dienone is 2. The molecule has 0 bridgehead atoms. The van der Waals surface area contributed by atoms with Gasteiger partial charge in [0.15, 0.2) is 11.6 Å². The number of carbonyl (C=O) groups is 2. The van der Waals surface area contributed by atoms with Crippen LogP contribution in [-0.4, -0.2) is 17.8 Å². The van der Waals surface area contributed by atoms with Crippen molar-refractivity contribution in [3.63, 3.8) is 0 Å². The fourth-order valence-electron chi connectivity index (χ4n) is 1.66. The molecule has 3 nitrogen and oxygen atoms in total. The quantitative estimate of drug-likeness (QED) is 0.767. The maximum atomic E-state index is 13.4. The monoisotopic (exact) mass is 265 g/mol. The Labute approximate surface area is 108 Å². The van der Waals surface area contributed by atoms with Gasteiger partial charge in [-0.2, -0.15) is 0 Å². The summed E-state index contributed by atoms with van der Waals surface area (Å²) in [6, 6.07) is 3.50. The summed E-state index contributed by atoms with van der Waals surface area (Å²) in [7, 11) is 0. The van der Waals surface area contributed by atoms with Gasteiger partial charge in [0.25, 0.3) is 0 Å². The molecule has 0 aliphatic carbocycles. The second kappa shape index (κ2) is 5.82. The van der Waals surface area contributed by atoms with E-state index in [0.717, 1.165) is 0 Å². The van der Waals surface area contributed by atoms with E-state index in [9.17, 15) is 14.0 Å². The van der Waals surface area contributed by atoms with Crippen molar-refractivity contribution in [3.8, 4) is 0 Å². The second-order valence-electron chi connectivity index (χ2n) is 3.93. The molecule has 18 heavy (non-hydrogen) atoms. The Morgan fingerprint density at radius 1 is 1.33 bits per heavy atom. The lowest BCUT2D eigenvalue weighted by Crippen LogP contribution is -2.08. The van der Waals surface area contributed by atoms with Crippen LogP contribution < -0.4 is 0 Å². The Balaban J connectivity index is 1.93. The number of rotatable bonds is 5. The van der Waals surface area contributed by atoms with Crippen LogP contribution in [0.1, 0.15) is 35.4 Å². The Morgan fingerprint density at radius 2 is 2.11 bits per heavy atom. The van der Waals surface area contributed by atoms with Gasteiger partial charge in [-0.15, -0.1) is 11.3 Å². The van der Waals surface area contributed by atoms with Crippen LogP contribution in [0.5, 0.6) is 0 Å². The molecule has 1 aromatic rings. The van der Waals surface area contributed by atoms with E-state index >= 15 is 0 Å². The molecular weight excluding hydrogens is 253 g/mol. The summed E-state index contributed by atoms with van der Waals surface area (Å²) in [5.41, 5.74) is -0.111. The van der Waals surface area contributed by atoms with Crippen molar-refractivity contribution >= 4 is 29.1 Å². The van der Waals surface area contributed by atoms with Crippen molar-refractivity contribution in [3.05, 3.63) is 33.9 Å². The summed E-state index contributed by atoms with van der Waals surface area (Å²) in [5.74, 6) is -0.946. The number of thiophene rings is 1. The van der Waals surface area contributed by atoms with Crippen LogP contribution in [0.4, 0.5) is 4.39 Å². The maximum Gasteiger partial charge on any atom is 0.184 e. The van der Waals surface area contributed by atoms with Crippen molar-refractivity contribution in [1.82, 2.24) is 0 Å². The minimum absolute atomic E-state index is 0.0107. The molecule has 2 rings (SSSR count). The highest BCUT2D eigenvalue weighted by atomic mass is 32.1. The number of hydrogen-bond acceptors (Lipinski definition) is 4. The Kier molecular flexibility index (Phi) is 4.15. The van der Waals surface area contributed by atoms with Gasteiger partial charge < -0.3 is 0 Å². The maximum absolute atomic E-state index is 13.4. The lowest BCUT2D eigenvalue weighted by Gasteiger charge is -2.07. The number of carbonyl (C=O) groups excluding carboxylic acids is 2. The first-order chi connectivity index (χ1) is 8.68. The number of ketones is 2. The largest absolute Gasteiger partial charge is 0.293 e. The summed E-state index contributed by atoms with van der Waals surface area (Å²) < 4.78 is 13.4. The van der Waals surface area contributed by atoms with Gasteiger partial charge in [-0.1, -0.05) is 6.07 Å². The lowest BCUT2D eigenvalue weighted by atomic mass is 10.1. The first-order valence-corrected chi connectivity index (χ1v) is 6.57. The van der Waals surface area contributed by atoms with E-state index in [1.54, 1.807) is 12.1 Å². The highest BCUT2D eigenvalue weighted by Gasteiger charge is 2.18. The zero-order valence-electron chi connectivity index (χ0n) is 9.69. The smallest absolute Gasteiger partial charge is 0.184 e. The summed E-state index contributed by atoms with van der Waals surface area (Å²) >= 11 is 1.34. The Hall–Kier alpha value is -1.62. The fraction of sp³-hybridized carbons (Fsp3) is 0.308. The zero-order chi connectivity index (χ0) is 13.0. The molecule has 0 unspecified atom stereocenters. The first-order valence-electron chi connectivity index (χ1n) is 5.69. The molecule has 0 aromatic carbocycles. The van der Waals surface area contributed by atoms with Crippen LogP contribution in [0, 0.1) is 0 Å². The van der Waals surface area contributed by atoms with Gasteiger partial charge in [-0.3, -0.25) is 14.6 Å². The SMILES string of the molecule is O=C(CCC(=O)c1cccs1)C1=C(F)CCC=N1. The molecule has 0 fully saturated rings. The molecule has 5 heteroatoms. The van der Waals surface area contributed by atoms with E-state index in [-0.39, 0.29) is 30.7 Å². The normalized spacial score (nSPS) is 14.9. The van der Waals surface area contributed by atoms with Gasteiger partial charge >= 0.3 is 0 Å². The molecule has 0 amide bonds. The second-order valence-corrected chi connectivity index (χ2v) is 4.88. The van der Waals surface area contributed by atoms with E-state index in [4.69, 9.17) is 0 Å². The van der Waals surface area contributed by atoms with Gasteiger partial charge in [0.05, 0.1) is 4.88 Å². The van der Waals surface area contributed by atoms with E-state index in [2.05, 4.69) is 4.99 Å². The minimum atomic E-state index is -0.467. The molecule has 1 aromatic heterocycles. The molecular formula is C13H12FNO2S. The summed E-state index contributed by atoms with van der Waals surface area (Å²) in [6.07, 6.45) is 2.40. The van der Waals surface area contributed by atoms with Gasteiger partial charge in [0.1, 0.15) is 11.5 Å². The number of halogens is 1. The van der Waals surface area contributed by atoms with Gasteiger partial charge in [0, 0.05) is 25.5 Å². The third-order valence-corrected chi connectivity index (χ3v) is 3.52. The zero-order valence-corrected chi connectivity index (χ0v) is 10.5. The molecule has 94 valence electrons. The molecule has 2 heterocycles. The lowest BCUT2D eigenvalue weighted by molar-refractivity contribution is -0.115. The van der Waals surface area contributed by atoms with E-state index in [0.29, 0.717) is 11.3 Å². The molecule has 1 aliphatic heterocycles. The summed E-state index contributed by atoms with van der Waals surface area (Å²) in [6.45, 7) is 0.